The van der Waals surface area contributed by atoms with E-state index in [1.165, 1.54) is 96.3 Å². The number of rotatable bonds is 34. The summed E-state index contributed by atoms with van der Waals surface area (Å²) in [6, 6.07) is 0. The first-order valence-corrected chi connectivity index (χ1v) is 19.7. The van der Waals surface area contributed by atoms with Gasteiger partial charge in [0.2, 0.25) is 0 Å². The van der Waals surface area contributed by atoms with Gasteiger partial charge in [0.15, 0.2) is 6.10 Å². The first-order valence-electron chi connectivity index (χ1n) is 18.2. The van der Waals surface area contributed by atoms with Gasteiger partial charge in [-0.1, -0.05) is 135 Å². The van der Waals surface area contributed by atoms with Gasteiger partial charge in [0.05, 0.1) is 13.2 Å². The zero-order valence-electron chi connectivity index (χ0n) is 28.9. The Kier molecular flexibility index (Phi) is 31.8. The first kappa shape index (κ1) is 43.8. The van der Waals surface area contributed by atoms with Crippen molar-refractivity contribution < 1.29 is 37.6 Å². The predicted octanol–water partition coefficient (Wildman–Crippen LogP) is 9.49. The summed E-state index contributed by atoms with van der Waals surface area (Å²) in [6.07, 6.45) is 29.6. The van der Waals surface area contributed by atoms with Crippen molar-refractivity contribution in [3.05, 3.63) is 12.2 Å². The van der Waals surface area contributed by atoms with Gasteiger partial charge in [-0.3, -0.25) is 18.6 Å². The van der Waals surface area contributed by atoms with E-state index in [2.05, 4.69) is 26.0 Å². The molecule has 0 heterocycles. The SMILES string of the molecule is CCCC/C=C/CCCCCCCCCCCC(=O)OC[C@@H](COP(=O)(O)OCCN)OC(=O)CCCCCCCCCCC. The van der Waals surface area contributed by atoms with Crippen molar-refractivity contribution in [2.45, 2.75) is 174 Å². The van der Waals surface area contributed by atoms with Crippen LogP contribution in [0.25, 0.3) is 0 Å². The van der Waals surface area contributed by atoms with E-state index in [0.29, 0.717) is 6.42 Å². The molecule has 9 nitrogen and oxygen atoms in total. The Morgan fingerprint density at radius 2 is 1.11 bits per heavy atom. The maximum Gasteiger partial charge on any atom is 0.472 e. The van der Waals surface area contributed by atoms with Gasteiger partial charge in [-0.15, -0.1) is 0 Å². The summed E-state index contributed by atoms with van der Waals surface area (Å²) in [5.41, 5.74) is 5.32. The number of phosphoric ester groups is 1. The molecular weight excluding hydrogens is 593 g/mol. The molecule has 0 aromatic heterocycles. The van der Waals surface area contributed by atoms with Crippen LogP contribution in [0.4, 0.5) is 0 Å². The van der Waals surface area contributed by atoms with Crippen molar-refractivity contribution >= 4 is 19.8 Å². The molecule has 45 heavy (non-hydrogen) atoms. The van der Waals surface area contributed by atoms with Gasteiger partial charge in [0, 0.05) is 19.4 Å². The minimum Gasteiger partial charge on any atom is -0.462 e. The summed E-state index contributed by atoms with van der Waals surface area (Å²) in [5, 5.41) is 0. The molecule has 0 rings (SSSR count). The number of carbonyl (C=O) groups is 2. The zero-order valence-corrected chi connectivity index (χ0v) is 29.8. The van der Waals surface area contributed by atoms with E-state index >= 15 is 0 Å². The normalized spacial score (nSPS) is 13.6. The lowest BCUT2D eigenvalue weighted by atomic mass is 10.1. The lowest BCUT2D eigenvalue weighted by Crippen LogP contribution is -2.29. The van der Waals surface area contributed by atoms with Crippen LogP contribution >= 0.6 is 7.82 Å². The molecule has 0 aliphatic rings. The van der Waals surface area contributed by atoms with Crippen LogP contribution in [0.1, 0.15) is 168 Å². The summed E-state index contributed by atoms with van der Waals surface area (Å²) in [7, 11) is -4.36. The molecule has 0 saturated carbocycles. The topological polar surface area (TPSA) is 134 Å². The molecule has 2 atom stereocenters. The monoisotopic (exact) mass is 661 g/mol. The molecule has 0 amide bonds. The quantitative estimate of drug-likeness (QED) is 0.0299. The Morgan fingerprint density at radius 1 is 0.644 bits per heavy atom. The van der Waals surface area contributed by atoms with Crippen LogP contribution in [0.5, 0.6) is 0 Å². The van der Waals surface area contributed by atoms with Crippen molar-refractivity contribution in [3.8, 4) is 0 Å². The van der Waals surface area contributed by atoms with Gasteiger partial charge in [-0.25, -0.2) is 4.57 Å². The Balaban J connectivity index is 4.18. The average molecular weight is 662 g/mol. The number of hydrogen-bond acceptors (Lipinski definition) is 8. The van der Waals surface area contributed by atoms with Gasteiger partial charge in [-0.05, 0) is 32.1 Å². The molecule has 0 spiro atoms. The molecule has 0 radical (unpaired) electrons. The Bertz CT molecular complexity index is 764. The molecule has 0 aliphatic heterocycles. The Morgan fingerprint density at radius 3 is 1.64 bits per heavy atom. The predicted molar refractivity (Wildman–Crippen MR) is 183 cm³/mol. The number of esters is 2. The van der Waals surface area contributed by atoms with Crippen molar-refractivity contribution in [2.75, 3.05) is 26.4 Å². The lowest BCUT2D eigenvalue weighted by molar-refractivity contribution is -0.161. The number of nitrogens with two attached hydrogens (primary N) is 1. The van der Waals surface area contributed by atoms with Crippen LogP contribution in [0, 0.1) is 0 Å². The maximum atomic E-state index is 12.4. The Labute approximate surface area is 275 Å². The number of unbranched alkanes of at least 4 members (excludes halogenated alkanes) is 19. The van der Waals surface area contributed by atoms with E-state index in [0.717, 1.165) is 38.5 Å². The molecule has 3 N–H and O–H groups in total. The fraction of sp³-hybridized carbons (Fsp3) is 0.886. The minimum atomic E-state index is -4.36. The molecule has 0 saturated heterocycles. The van der Waals surface area contributed by atoms with Crippen LogP contribution in [-0.2, 0) is 32.7 Å². The number of hydrogen-bond donors (Lipinski definition) is 2. The van der Waals surface area contributed by atoms with Crippen LogP contribution in [-0.4, -0.2) is 49.3 Å². The third-order valence-electron chi connectivity index (χ3n) is 7.65. The van der Waals surface area contributed by atoms with Crippen molar-refractivity contribution in [1.29, 1.82) is 0 Å². The largest absolute Gasteiger partial charge is 0.472 e. The summed E-state index contributed by atoms with van der Waals surface area (Å²) in [4.78, 5) is 34.5. The van der Waals surface area contributed by atoms with E-state index in [1.54, 1.807) is 0 Å². The smallest absolute Gasteiger partial charge is 0.462 e. The second-order valence-corrected chi connectivity index (χ2v) is 13.5. The summed E-state index contributed by atoms with van der Waals surface area (Å²) >= 11 is 0. The number of carbonyl (C=O) groups excluding carboxylic acids is 2. The van der Waals surface area contributed by atoms with Crippen molar-refractivity contribution in [1.82, 2.24) is 0 Å². The number of phosphoric acid groups is 1. The van der Waals surface area contributed by atoms with Crippen molar-refractivity contribution in [2.24, 2.45) is 5.73 Å². The second kappa shape index (κ2) is 32.7. The van der Waals surface area contributed by atoms with E-state index in [9.17, 15) is 19.0 Å². The highest BCUT2D eigenvalue weighted by Gasteiger charge is 2.25. The lowest BCUT2D eigenvalue weighted by Gasteiger charge is -2.19. The highest BCUT2D eigenvalue weighted by Crippen LogP contribution is 2.43. The minimum absolute atomic E-state index is 0.0555. The van der Waals surface area contributed by atoms with Gasteiger partial charge in [0.1, 0.15) is 6.61 Å². The summed E-state index contributed by atoms with van der Waals surface area (Å²) in [5.74, 6) is -0.831. The van der Waals surface area contributed by atoms with Crippen LogP contribution < -0.4 is 5.73 Å². The molecule has 10 heteroatoms. The van der Waals surface area contributed by atoms with E-state index < -0.39 is 26.5 Å². The average Bonchev–Trinajstić information content (AvgIpc) is 3.02. The zero-order chi connectivity index (χ0) is 33.3. The molecule has 1 unspecified atom stereocenters. The maximum absolute atomic E-state index is 12.4. The van der Waals surface area contributed by atoms with Crippen LogP contribution in [0.2, 0.25) is 0 Å². The van der Waals surface area contributed by atoms with Crippen LogP contribution in [0.15, 0.2) is 12.2 Å². The summed E-state index contributed by atoms with van der Waals surface area (Å²) in [6.45, 7) is 3.67. The second-order valence-electron chi connectivity index (χ2n) is 12.1. The molecular formula is C35H68NO8P. The highest BCUT2D eigenvalue weighted by atomic mass is 31.2. The molecule has 0 bridgehead atoms. The first-order chi connectivity index (χ1) is 21.8. The third-order valence-corrected chi connectivity index (χ3v) is 8.64. The van der Waals surface area contributed by atoms with Gasteiger partial charge in [-0.2, -0.15) is 0 Å². The van der Waals surface area contributed by atoms with Gasteiger partial charge < -0.3 is 20.1 Å². The Hall–Kier alpha value is -1.25. The third kappa shape index (κ3) is 32.5. The van der Waals surface area contributed by atoms with E-state index in [4.69, 9.17) is 24.3 Å². The fourth-order valence-corrected chi connectivity index (χ4v) is 5.67. The van der Waals surface area contributed by atoms with Gasteiger partial charge >= 0.3 is 19.8 Å². The van der Waals surface area contributed by atoms with Crippen LogP contribution in [0.3, 0.4) is 0 Å². The number of allylic oxidation sites excluding steroid dienone is 2. The highest BCUT2D eigenvalue weighted by molar-refractivity contribution is 7.47. The number of ether oxygens (including phenoxy) is 2. The van der Waals surface area contributed by atoms with Crippen molar-refractivity contribution in [3.63, 3.8) is 0 Å². The van der Waals surface area contributed by atoms with Gasteiger partial charge in [0.25, 0.3) is 0 Å². The summed E-state index contributed by atoms with van der Waals surface area (Å²) < 4.78 is 32.5. The molecule has 0 aromatic rings. The standard InChI is InChI=1S/C35H68NO8P/c1-3-5-7-9-11-13-14-15-16-17-18-20-21-23-25-27-34(37)41-31-33(32-43-45(39,40)42-30-29-36)44-35(38)28-26-24-22-19-12-10-8-6-4-2/h9,11,33H,3-8,10,12-32,36H2,1-2H3,(H,39,40)/b11-9+/t33-/m0/s1. The molecule has 0 aliphatic carbocycles. The molecule has 0 fully saturated rings. The fourth-order valence-electron chi connectivity index (χ4n) is 4.91. The van der Waals surface area contributed by atoms with E-state index in [1.807, 2.05) is 0 Å². The molecule has 0 aromatic carbocycles. The molecule has 266 valence electrons. The van der Waals surface area contributed by atoms with E-state index in [-0.39, 0.29) is 38.6 Å².